The van der Waals surface area contributed by atoms with Gasteiger partial charge in [0.25, 0.3) is 0 Å². The lowest BCUT2D eigenvalue weighted by Crippen LogP contribution is -3.12. The molecule has 0 saturated carbocycles. The molecule has 1 heterocycles. The van der Waals surface area contributed by atoms with E-state index in [0.29, 0.717) is 5.75 Å². The predicted octanol–water partition coefficient (Wildman–Crippen LogP) is 2.53. The highest BCUT2D eigenvalue weighted by Crippen LogP contribution is 2.37. The second-order valence-corrected chi connectivity index (χ2v) is 9.21. The van der Waals surface area contributed by atoms with E-state index in [1.54, 1.807) is 0 Å². The number of hydrogen-bond acceptors (Lipinski definition) is 2. The van der Waals surface area contributed by atoms with Crippen LogP contribution in [0.4, 0.5) is 0 Å². The average molecular weight is 320 g/mol. The van der Waals surface area contributed by atoms with E-state index in [4.69, 9.17) is 0 Å². The molecular formula is C20H34NO2+. The largest absolute Gasteiger partial charge is 0.507 e. The Morgan fingerprint density at radius 3 is 2.26 bits per heavy atom. The van der Waals surface area contributed by atoms with Crippen LogP contribution in [0.25, 0.3) is 0 Å². The second kappa shape index (κ2) is 6.45. The van der Waals surface area contributed by atoms with Crippen LogP contribution in [0.3, 0.4) is 0 Å². The highest BCUT2D eigenvalue weighted by Gasteiger charge is 2.28. The standard InChI is InChI=1S/C20H33NO2/c1-19(2,3)15-10-14(12-21-9-7-8-16(22)13-21)18(23)17(11-15)20(4,5)6/h10-11,16,22-23H,7-9,12-13H2,1-6H3/p+1/t16-/m0/s1. The first-order valence-electron chi connectivity index (χ1n) is 8.87. The van der Waals surface area contributed by atoms with Gasteiger partial charge < -0.3 is 15.1 Å². The molecule has 1 fully saturated rings. The molecule has 3 N–H and O–H groups in total. The van der Waals surface area contributed by atoms with Crippen LogP contribution in [0.5, 0.6) is 5.75 Å². The smallest absolute Gasteiger partial charge is 0.128 e. The maximum atomic E-state index is 10.8. The zero-order valence-electron chi connectivity index (χ0n) is 15.7. The molecule has 0 bridgehead atoms. The Hall–Kier alpha value is -1.06. The molecule has 1 aromatic carbocycles. The summed E-state index contributed by atoms with van der Waals surface area (Å²) in [6.45, 7) is 15.7. The fourth-order valence-corrected chi connectivity index (χ4v) is 3.39. The van der Waals surface area contributed by atoms with Crippen LogP contribution in [0.15, 0.2) is 12.1 Å². The van der Waals surface area contributed by atoms with Crippen LogP contribution in [-0.2, 0) is 17.4 Å². The first kappa shape index (κ1) is 18.3. The van der Waals surface area contributed by atoms with E-state index in [-0.39, 0.29) is 16.9 Å². The molecule has 0 amide bonds. The maximum Gasteiger partial charge on any atom is 0.128 e. The number of quaternary nitrogens is 1. The molecule has 1 saturated heterocycles. The van der Waals surface area contributed by atoms with Gasteiger partial charge in [0.05, 0.1) is 6.54 Å². The lowest BCUT2D eigenvalue weighted by molar-refractivity contribution is -0.921. The number of hydrogen-bond donors (Lipinski definition) is 3. The Morgan fingerprint density at radius 1 is 1.09 bits per heavy atom. The SMILES string of the molecule is CC(C)(C)c1cc(C[NH+]2CCC[C@H](O)C2)c(O)c(C(C)(C)C)c1. The molecule has 2 atom stereocenters. The summed E-state index contributed by atoms with van der Waals surface area (Å²) in [5.41, 5.74) is 3.28. The molecule has 3 heteroatoms. The number of rotatable bonds is 2. The minimum Gasteiger partial charge on any atom is -0.507 e. The Kier molecular flexibility index (Phi) is 5.12. The molecule has 1 unspecified atom stereocenters. The van der Waals surface area contributed by atoms with Crippen molar-refractivity contribution in [2.24, 2.45) is 0 Å². The molecule has 23 heavy (non-hydrogen) atoms. The molecule has 3 nitrogen and oxygen atoms in total. The third kappa shape index (κ3) is 4.48. The Balaban J connectivity index is 2.41. The van der Waals surface area contributed by atoms with Gasteiger partial charge in [-0.1, -0.05) is 47.6 Å². The zero-order valence-corrected chi connectivity index (χ0v) is 15.7. The first-order chi connectivity index (χ1) is 10.5. The molecule has 130 valence electrons. The van der Waals surface area contributed by atoms with Gasteiger partial charge in [0.2, 0.25) is 0 Å². The summed E-state index contributed by atoms with van der Waals surface area (Å²) in [6, 6.07) is 4.33. The van der Waals surface area contributed by atoms with Gasteiger partial charge in [0, 0.05) is 11.1 Å². The number of benzene rings is 1. The van der Waals surface area contributed by atoms with Crippen molar-refractivity contribution < 1.29 is 15.1 Å². The minimum atomic E-state index is -0.200. The van der Waals surface area contributed by atoms with E-state index >= 15 is 0 Å². The highest BCUT2D eigenvalue weighted by molar-refractivity contribution is 5.48. The summed E-state index contributed by atoms with van der Waals surface area (Å²) in [5.74, 6) is 0.443. The molecular weight excluding hydrogens is 286 g/mol. The third-order valence-corrected chi connectivity index (χ3v) is 4.90. The highest BCUT2D eigenvalue weighted by atomic mass is 16.3. The van der Waals surface area contributed by atoms with E-state index in [1.165, 1.54) is 10.5 Å². The lowest BCUT2D eigenvalue weighted by Gasteiger charge is -2.30. The maximum absolute atomic E-state index is 10.8. The van der Waals surface area contributed by atoms with Crippen LogP contribution in [-0.4, -0.2) is 29.4 Å². The Labute approximate surface area is 141 Å². The quantitative estimate of drug-likeness (QED) is 0.784. The van der Waals surface area contributed by atoms with Crippen LogP contribution in [0, 0.1) is 0 Å². The van der Waals surface area contributed by atoms with Gasteiger partial charge in [-0.3, -0.25) is 0 Å². The second-order valence-electron chi connectivity index (χ2n) is 9.21. The molecule has 1 aromatic rings. The predicted molar refractivity (Wildman–Crippen MR) is 95.1 cm³/mol. The molecule has 1 aliphatic heterocycles. The van der Waals surface area contributed by atoms with Crippen LogP contribution < -0.4 is 4.90 Å². The molecule has 0 radical (unpaired) electrons. The van der Waals surface area contributed by atoms with Crippen molar-refractivity contribution in [1.29, 1.82) is 0 Å². The summed E-state index contributed by atoms with van der Waals surface area (Å²) in [5, 5.41) is 20.7. The van der Waals surface area contributed by atoms with E-state index in [9.17, 15) is 10.2 Å². The van der Waals surface area contributed by atoms with Crippen molar-refractivity contribution in [3.05, 3.63) is 28.8 Å². The van der Waals surface area contributed by atoms with E-state index in [0.717, 1.165) is 43.6 Å². The Morgan fingerprint density at radius 2 is 1.74 bits per heavy atom. The zero-order chi connectivity index (χ0) is 17.4. The number of aliphatic hydroxyl groups excluding tert-OH is 1. The third-order valence-electron chi connectivity index (χ3n) is 4.90. The van der Waals surface area contributed by atoms with Gasteiger partial charge in [0.15, 0.2) is 0 Å². The normalized spacial score (nSPS) is 23.1. The first-order valence-corrected chi connectivity index (χ1v) is 8.87. The number of aliphatic hydroxyl groups is 1. The summed E-state index contributed by atoms with van der Waals surface area (Å²) >= 11 is 0. The van der Waals surface area contributed by atoms with Gasteiger partial charge in [-0.25, -0.2) is 0 Å². The topological polar surface area (TPSA) is 44.9 Å². The molecule has 2 rings (SSSR count). The minimum absolute atomic E-state index is 0.0548. The fraction of sp³-hybridized carbons (Fsp3) is 0.700. The van der Waals surface area contributed by atoms with Crippen molar-refractivity contribution >= 4 is 0 Å². The van der Waals surface area contributed by atoms with E-state index in [2.05, 4.69) is 53.7 Å². The van der Waals surface area contributed by atoms with Gasteiger partial charge in [-0.05, 0) is 35.3 Å². The number of phenols is 1. The van der Waals surface area contributed by atoms with Crippen molar-refractivity contribution in [3.8, 4) is 5.75 Å². The number of nitrogens with one attached hydrogen (secondary N) is 1. The van der Waals surface area contributed by atoms with Crippen LogP contribution >= 0.6 is 0 Å². The van der Waals surface area contributed by atoms with Gasteiger partial charge in [-0.15, -0.1) is 0 Å². The number of aromatic hydroxyl groups is 1. The van der Waals surface area contributed by atoms with Crippen molar-refractivity contribution in [2.75, 3.05) is 13.1 Å². The van der Waals surface area contributed by atoms with Crippen molar-refractivity contribution in [1.82, 2.24) is 0 Å². The summed E-state index contributed by atoms with van der Waals surface area (Å²) in [7, 11) is 0. The monoisotopic (exact) mass is 320 g/mol. The molecule has 0 aromatic heterocycles. The van der Waals surface area contributed by atoms with Gasteiger partial charge in [0.1, 0.15) is 24.9 Å². The van der Waals surface area contributed by atoms with Crippen molar-refractivity contribution in [3.63, 3.8) is 0 Å². The molecule has 1 aliphatic rings. The fourth-order valence-electron chi connectivity index (χ4n) is 3.39. The van der Waals surface area contributed by atoms with E-state index in [1.807, 2.05) is 0 Å². The Bertz CT molecular complexity index is 552. The summed E-state index contributed by atoms with van der Waals surface area (Å²) < 4.78 is 0. The molecule has 0 spiro atoms. The van der Waals surface area contributed by atoms with Gasteiger partial charge in [-0.2, -0.15) is 0 Å². The van der Waals surface area contributed by atoms with E-state index < -0.39 is 0 Å². The van der Waals surface area contributed by atoms with Crippen molar-refractivity contribution in [2.45, 2.75) is 77.9 Å². The lowest BCUT2D eigenvalue weighted by atomic mass is 9.79. The molecule has 0 aliphatic carbocycles. The number of likely N-dealkylation sites (tertiary alicyclic amines) is 1. The summed E-state index contributed by atoms with van der Waals surface area (Å²) in [6.07, 6.45) is 1.77. The number of piperidine rings is 1. The average Bonchev–Trinajstić information content (AvgIpc) is 2.38. The number of phenolic OH excluding ortho intramolecular Hbond substituents is 1. The van der Waals surface area contributed by atoms with Crippen LogP contribution in [0.2, 0.25) is 0 Å². The van der Waals surface area contributed by atoms with Gasteiger partial charge >= 0.3 is 0 Å². The van der Waals surface area contributed by atoms with Crippen LogP contribution in [0.1, 0.15) is 71.1 Å². The summed E-state index contributed by atoms with van der Waals surface area (Å²) in [4.78, 5) is 1.37.